The summed E-state index contributed by atoms with van der Waals surface area (Å²) in [6.07, 6.45) is 3.18. The van der Waals surface area contributed by atoms with Crippen molar-refractivity contribution in [3.05, 3.63) is 48.0 Å². The minimum absolute atomic E-state index is 0.0675. The van der Waals surface area contributed by atoms with Gasteiger partial charge in [0.1, 0.15) is 6.10 Å². The summed E-state index contributed by atoms with van der Waals surface area (Å²) in [7, 11) is 0. The Morgan fingerprint density at radius 2 is 2.00 bits per heavy atom. The molecule has 0 aromatic heterocycles. The van der Waals surface area contributed by atoms with Gasteiger partial charge >= 0.3 is 0 Å². The van der Waals surface area contributed by atoms with Crippen LogP contribution in [0.4, 0.5) is 0 Å². The van der Waals surface area contributed by atoms with Crippen molar-refractivity contribution in [2.45, 2.75) is 25.0 Å². The van der Waals surface area contributed by atoms with E-state index >= 15 is 0 Å². The van der Waals surface area contributed by atoms with Gasteiger partial charge in [-0.2, -0.15) is 0 Å². The van der Waals surface area contributed by atoms with E-state index in [2.05, 4.69) is 30.8 Å². The largest absolute Gasteiger partial charge is 0.390 e. The lowest BCUT2D eigenvalue weighted by molar-refractivity contribution is 0.135. The highest BCUT2D eigenvalue weighted by Crippen LogP contribution is 2.18. The van der Waals surface area contributed by atoms with Crippen LogP contribution in [0.1, 0.15) is 11.1 Å². The van der Waals surface area contributed by atoms with E-state index in [1.54, 1.807) is 0 Å². The van der Waals surface area contributed by atoms with Crippen LogP contribution < -0.4 is 0 Å². The van der Waals surface area contributed by atoms with E-state index in [0.29, 0.717) is 13.0 Å². The summed E-state index contributed by atoms with van der Waals surface area (Å²) in [6.45, 7) is 4.41. The monoisotopic (exact) mass is 204 g/mol. The van der Waals surface area contributed by atoms with Gasteiger partial charge in [0.05, 0.1) is 12.7 Å². The Morgan fingerprint density at radius 1 is 1.40 bits per heavy atom. The summed E-state index contributed by atoms with van der Waals surface area (Å²) < 4.78 is 5.04. The fourth-order valence-corrected chi connectivity index (χ4v) is 1.63. The lowest BCUT2D eigenvalue weighted by Gasteiger charge is -2.07. The van der Waals surface area contributed by atoms with Crippen LogP contribution in [-0.2, 0) is 17.6 Å². The lowest BCUT2D eigenvalue weighted by Crippen LogP contribution is -2.17. The quantitative estimate of drug-likeness (QED) is 0.585. The van der Waals surface area contributed by atoms with E-state index in [1.165, 1.54) is 5.56 Å². The SMILES string of the molecule is C=CCc1ccc(CC(O)C2CO2)cc1. The Bertz CT molecular complexity index is 325. The van der Waals surface area contributed by atoms with E-state index in [-0.39, 0.29) is 12.2 Å². The number of rotatable bonds is 5. The zero-order chi connectivity index (χ0) is 10.7. The molecule has 80 valence electrons. The van der Waals surface area contributed by atoms with Gasteiger partial charge in [-0.05, 0) is 17.5 Å². The molecule has 2 nitrogen and oxygen atoms in total. The van der Waals surface area contributed by atoms with Crippen molar-refractivity contribution < 1.29 is 9.84 Å². The third kappa shape index (κ3) is 2.91. The number of allylic oxidation sites excluding steroid dienone is 1. The molecule has 0 spiro atoms. The van der Waals surface area contributed by atoms with Gasteiger partial charge in [-0.25, -0.2) is 0 Å². The molecule has 0 amide bonds. The number of ether oxygens (including phenoxy) is 1. The van der Waals surface area contributed by atoms with Crippen LogP contribution in [0.25, 0.3) is 0 Å². The van der Waals surface area contributed by atoms with Gasteiger partial charge in [0, 0.05) is 6.42 Å². The molecule has 2 atom stereocenters. The topological polar surface area (TPSA) is 32.8 Å². The zero-order valence-corrected chi connectivity index (χ0v) is 8.73. The van der Waals surface area contributed by atoms with Crippen molar-refractivity contribution in [1.82, 2.24) is 0 Å². The highest BCUT2D eigenvalue weighted by atomic mass is 16.6. The molecular weight excluding hydrogens is 188 g/mol. The van der Waals surface area contributed by atoms with Crippen LogP contribution in [0, 0.1) is 0 Å². The molecule has 2 heteroatoms. The zero-order valence-electron chi connectivity index (χ0n) is 8.73. The van der Waals surface area contributed by atoms with Crippen LogP contribution in [0.5, 0.6) is 0 Å². The molecule has 1 heterocycles. The van der Waals surface area contributed by atoms with Crippen LogP contribution in [-0.4, -0.2) is 23.9 Å². The molecular formula is C13H16O2. The molecule has 15 heavy (non-hydrogen) atoms. The first-order chi connectivity index (χ1) is 7.29. The molecule has 1 fully saturated rings. The molecule has 2 unspecified atom stereocenters. The predicted octanol–water partition coefficient (Wildman–Crippen LogP) is 1.72. The molecule has 1 aromatic carbocycles. The Morgan fingerprint density at radius 3 is 2.53 bits per heavy atom. The highest BCUT2D eigenvalue weighted by molar-refractivity contribution is 5.24. The minimum Gasteiger partial charge on any atom is -0.390 e. The second-order valence-electron chi connectivity index (χ2n) is 3.95. The Hall–Kier alpha value is -1.12. The third-order valence-electron chi connectivity index (χ3n) is 2.64. The van der Waals surface area contributed by atoms with Crippen LogP contribution >= 0.6 is 0 Å². The highest BCUT2D eigenvalue weighted by Gasteiger charge is 2.30. The summed E-state index contributed by atoms with van der Waals surface area (Å²) in [4.78, 5) is 0. The first-order valence-electron chi connectivity index (χ1n) is 5.28. The molecule has 1 aliphatic heterocycles. The Labute approximate surface area is 90.2 Å². The van der Waals surface area contributed by atoms with Gasteiger partial charge in [-0.3, -0.25) is 0 Å². The summed E-state index contributed by atoms with van der Waals surface area (Å²) in [6, 6.07) is 8.28. The van der Waals surface area contributed by atoms with Crippen molar-refractivity contribution in [2.75, 3.05) is 6.61 Å². The van der Waals surface area contributed by atoms with Crippen LogP contribution in [0.15, 0.2) is 36.9 Å². The minimum atomic E-state index is -0.352. The second-order valence-corrected chi connectivity index (χ2v) is 3.95. The number of benzene rings is 1. The summed E-state index contributed by atoms with van der Waals surface area (Å²) in [5.41, 5.74) is 2.41. The number of epoxide rings is 1. The van der Waals surface area contributed by atoms with Gasteiger partial charge in [0.2, 0.25) is 0 Å². The Kier molecular flexibility index (Phi) is 3.19. The number of hydrogen-bond acceptors (Lipinski definition) is 2. The van der Waals surface area contributed by atoms with Crippen molar-refractivity contribution in [2.24, 2.45) is 0 Å². The van der Waals surface area contributed by atoms with E-state index < -0.39 is 0 Å². The summed E-state index contributed by atoms with van der Waals surface area (Å²) in [5, 5.41) is 9.67. The molecule has 1 aliphatic rings. The maximum absolute atomic E-state index is 9.67. The average molecular weight is 204 g/mol. The van der Waals surface area contributed by atoms with Gasteiger partial charge in [0.25, 0.3) is 0 Å². The third-order valence-corrected chi connectivity index (χ3v) is 2.64. The van der Waals surface area contributed by atoms with E-state index in [9.17, 15) is 5.11 Å². The maximum atomic E-state index is 9.67. The van der Waals surface area contributed by atoms with Crippen molar-refractivity contribution >= 4 is 0 Å². The van der Waals surface area contributed by atoms with Crippen molar-refractivity contribution in [3.8, 4) is 0 Å². The fourth-order valence-electron chi connectivity index (χ4n) is 1.63. The van der Waals surface area contributed by atoms with E-state index in [4.69, 9.17) is 4.74 Å². The fraction of sp³-hybridized carbons (Fsp3) is 0.385. The molecule has 0 radical (unpaired) electrons. The summed E-state index contributed by atoms with van der Waals surface area (Å²) in [5.74, 6) is 0. The Balaban J connectivity index is 1.93. The van der Waals surface area contributed by atoms with E-state index in [1.807, 2.05) is 6.08 Å². The number of aliphatic hydroxyl groups excluding tert-OH is 1. The molecule has 0 bridgehead atoms. The van der Waals surface area contributed by atoms with Gasteiger partial charge in [0.15, 0.2) is 0 Å². The van der Waals surface area contributed by atoms with Gasteiger partial charge in [-0.15, -0.1) is 6.58 Å². The molecule has 1 aromatic rings. The molecule has 1 saturated heterocycles. The molecule has 2 rings (SSSR count). The first-order valence-corrected chi connectivity index (χ1v) is 5.28. The molecule has 1 N–H and O–H groups in total. The summed E-state index contributed by atoms with van der Waals surface area (Å²) >= 11 is 0. The smallest absolute Gasteiger partial charge is 0.107 e. The van der Waals surface area contributed by atoms with E-state index in [0.717, 1.165) is 12.0 Å². The van der Waals surface area contributed by atoms with Gasteiger partial charge < -0.3 is 9.84 Å². The maximum Gasteiger partial charge on any atom is 0.107 e. The van der Waals surface area contributed by atoms with Crippen molar-refractivity contribution in [1.29, 1.82) is 0 Å². The normalized spacial score (nSPS) is 21.0. The first kappa shape index (κ1) is 10.4. The standard InChI is InChI=1S/C13H16O2/c1-2-3-10-4-6-11(7-5-10)8-12(14)13-9-15-13/h2,4-7,12-14H,1,3,8-9H2. The van der Waals surface area contributed by atoms with Gasteiger partial charge in [-0.1, -0.05) is 30.3 Å². The number of aliphatic hydroxyl groups is 1. The molecule has 0 aliphatic carbocycles. The molecule has 0 saturated carbocycles. The van der Waals surface area contributed by atoms with Crippen molar-refractivity contribution in [3.63, 3.8) is 0 Å². The lowest BCUT2D eigenvalue weighted by atomic mass is 10.0. The second kappa shape index (κ2) is 4.60. The van der Waals surface area contributed by atoms with Crippen LogP contribution in [0.2, 0.25) is 0 Å². The predicted molar refractivity (Wildman–Crippen MR) is 59.8 cm³/mol. The average Bonchev–Trinajstić information content (AvgIpc) is 3.04. The number of hydrogen-bond donors (Lipinski definition) is 1. The van der Waals surface area contributed by atoms with Crippen LogP contribution in [0.3, 0.4) is 0 Å².